The van der Waals surface area contributed by atoms with Gasteiger partial charge in [0.15, 0.2) is 5.88 Å². The lowest BCUT2D eigenvalue weighted by molar-refractivity contribution is 0.315. The molecule has 1 aromatic heterocycles. The van der Waals surface area contributed by atoms with Crippen LogP contribution in [-0.2, 0) is 0 Å². The molecule has 2 heterocycles. The minimum atomic E-state index is -0.395. The van der Waals surface area contributed by atoms with Gasteiger partial charge < -0.3 is 19.9 Å². The Hall–Kier alpha value is -2.93. The molecule has 0 amide bonds. The van der Waals surface area contributed by atoms with Gasteiger partial charge in [-0.05, 0) is 50.8 Å². The fraction of sp³-hybridized carbons (Fsp3) is 0.286. The quantitative estimate of drug-likeness (QED) is 0.668. The predicted octanol–water partition coefficient (Wildman–Crippen LogP) is 4.04. The van der Waals surface area contributed by atoms with Gasteiger partial charge in [0, 0.05) is 36.8 Å². The van der Waals surface area contributed by atoms with Crippen LogP contribution in [0.1, 0.15) is 12.0 Å². The molecule has 1 saturated heterocycles. The SMILES string of the molecule is CN(C)C1CCN(c2ccc(N=Cc3c(O)[nH]c4cc(F)ccc34)cc2F)C1. The van der Waals surface area contributed by atoms with Crippen LogP contribution < -0.4 is 4.90 Å². The number of nitrogens with one attached hydrogen (secondary N) is 1. The third kappa shape index (κ3) is 3.45. The number of fused-ring (bicyclic) bond motifs is 1. The van der Waals surface area contributed by atoms with E-state index in [1.807, 2.05) is 19.0 Å². The number of benzene rings is 2. The number of aliphatic imine (C=N–C) groups is 1. The lowest BCUT2D eigenvalue weighted by Gasteiger charge is -2.22. The summed E-state index contributed by atoms with van der Waals surface area (Å²) < 4.78 is 28.0. The molecule has 7 heteroatoms. The molecule has 0 bridgehead atoms. The first kappa shape index (κ1) is 18.4. The van der Waals surface area contributed by atoms with Crippen molar-refractivity contribution in [2.24, 2.45) is 4.99 Å². The number of halogens is 2. The largest absolute Gasteiger partial charge is 0.494 e. The summed E-state index contributed by atoms with van der Waals surface area (Å²) in [6.07, 6.45) is 2.46. The number of aromatic hydroxyl groups is 1. The van der Waals surface area contributed by atoms with Crippen LogP contribution in [0.4, 0.5) is 20.2 Å². The van der Waals surface area contributed by atoms with Gasteiger partial charge in [-0.3, -0.25) is 4.99 Å². The number of hydrogen-bond acceptors (Lipinski definition) is 4. The van der Waals surface area contributed by atoms with Gasteiger partial charge in [-0.15, -0.1) is 0 Å². The van der Waals surface area contributed by atoms with Gasteiger partial charge in [-0.25, -0.2) is 8.78 Å². The Morgan fingerprint density at radius 1 is 1.21 bits per heavy atom. The molecule has 2 aromatic carbocycles. The van der Waals surface area contributed by atoms with Crippen molar-refractivity contribution >= 4 is 28.5 Å². The summed E-state index contributed by atoms with van der Waals surface area (Å²) in [6.45, 7) is 1.62. The van der Waals surface area contributed by atoms with Crippen molar-refractivity contribution in [1.82, 2.24) is 9.88 Å². The molecule has 3 aromatic rings. The van der Waals surface area contributed by atoms with E-state index in [4.69, 9.17) is 0 Å². The molecule has 1 atom stereocenters. The number of aromatic nitrogens is 1. The molecule has 2 N–H and O–H groups in total. The van der Waals surface area contributed by atoms with Gasteiger partial charge in [-0.1, -0.05) is 0 Å². The Bertz CT molecular complexity index is 1040. The number of hydrogen-bond donors (Lipinski definition) is 2. The van der Waals surface area contributed by atoms with Crippen LogP contribution in [-0.4, -0.2) is 54.4 Å². The smallest absolute Gasteiger partial charge is 0.198 e. The van der Waals surface area contributed by atoms with Crippen molar-refractivity contribution in [1.29, 1.82) is 0 Å². The first-order valence-electron chi connectivity index (χ1n) is 9.17. The maximum Gasteiger partial charge on any atom is 0.198 e. The van der Waals surface area contributed by atoms with E-state index in [9.17, 15) is 13.9 Å². The van der Waals surface area contributed by atoms with Gasteiger partial charge in [-0.2, -0.15) is 0 Å². The van der Waals surface area contributed by atoms with E-state index in [2.05, 4.69) is 14.9 Å². The normalized spacial score (nSPS) is 17.5. The molecule has 1 aliphatic heterocycles. The van der Waals surface area contributed by atoms with E-state index in [1.54, 1.807) is 18.2 Å². The highest BCUT2D eigenvalue weighted by Gasteiger charge is 2.25. The van der Waals surface area contributed by atoms with Crippen molar-refractivity contribution in [3.63, 3.8) is 0 Å². The summed E-state index contributed by atoms with van der Waals surface area (Å²) in [7, 11) is 4.08. The van der Waals surface area contributed by atoms with E-state index in [-0.39, 0.29) is 11.7 Å². The molecule has 4 rings (SSSR count). The number of aromatic amines is 1. The molecule has 1 aliphatic rings. The van der Waals surface area contributed by atoms with Crippen LogP contribution in [0.15, 0.2) is 41.4 Å². The fourth-order valence-electron chi connectivity index (χ4n) is 3.66. The van der Waals surface area contributed by atoms with E-state index in [0.29, 0.717) is 33.9 Å². The molecule has 0 spiro atoms. The maximum absolute atomic E-state index is 14.6. The summed E-state index contributed by atoms with van der Waals surface area (Å²) >= 11 is 0. The number of anilines is 1. The van der Waals surface area contributed by atoms with Crippen LogP contribution in [0.2, 0.25) is 0 Å². The van der Waals surface area contributed by atoms with Crippen molar-refractivity contribution in [2.45, 2.75) is 12.5 Å². The third-order valence-electron chi connectivity index (χ3n) is 5.29. The van der Waals surface area contributed by atoms with Gasteiger partial charge in [0.05, 0.1) is 22.5 Å². The average Bonchev–Trinajstić information content (AvgIpc) is 3.24. The predicted molar refractivity (Wildman–Crippen MR) is 108 cm³/mol. The molecule has 0 aliphatic carbocycles. The molecule has 1 fully saturated rings. The second kappa shape index (κ2) is 7.24. The van der Waals surface area contributed by atoms with Gasteiger partial charge in [0.25, 0.3) is 0 Å². The van der Waals surface area contributed by atoms with Crippen LogP contribution in [0.25, 0.3) is 10.9 Å². The second-order valence-corrected chi connectivity index (χ2v) is 7.32. The Balaban J connectivity index is 1.57. The highest BCUT2D eigenvalue weighted by molar-refractivity contribution is 6.02. The molecule has 28 heavy (non-hydrogen) atoms. The molecular weight excluding hydrogens is 362 g/mol. The van der Waals surface area contributed by atoms with Crippen molar-refractivity contribution in [2.75, 3.05) is 32.1 Å². The Morgan fingerprint density at radius 2 is 2.04 bits per heavy atom. The minimum absolute atomic E-state index is 0.103. The van der Waals surface area contributed by atoms with Gasteiger partial charge in [0.1, 0.15) is 11.6 Å². The summed E-state index contributed by atoms with van der Waals surface area (Å²) in [5.74, 6) is -0.819. The average molecular weight is 384 g/mol. The number of likely N-dealkylation sites (N-methyl/N-ethyl adjacent to an activating group) is 1. The first-order valence-corrected chi connectivity index (χ1v) is 9.17. The van der Waals surface area contributed by atoms with Crippen LogP contribution in [0, 0.1) is 11.6 Å². The van der Waals surface area contributed by atoms with E-state index in [0.717, 1.165) is 19.5 Å². The van der Waals surface area contributed by atoms with Gasteiger partial charge in [0.2, 0.25) is 0 Å². The van der Waals surface area contributed by atoms with Gasteiger partial charge >= 0.3 is 0 Å². The number of rotatable bonds is 4. The lowest BCUT2D eigenvalue weighted by Crippen LogP contribution is -2.31. The minimum Gasteiger partial charge on any atom is -0.494 e. The highest BCUT2D eigenvalue weighted by atomic mass is 19.1. The maximum atomic E-state index is 14.6. The topological polar surface area (TPSA) is 54.9 Å². The lowest BCUT2D eigenvalue weighted by atomic mass is 10.2. The third-order valence-corrected chi connectivity index (χ3v) is 5.29. The molecular formula is C21H22F2N4O. The van der Waals surface area contributed by atoms with Crippen LogP contribution in [0.3, 0.4) is 0 Å². The Labute approximate surface area is 161 Å². The van der Waals surface area contributed by atoms with E-state index in [1.165, 1.54) is 24.4 Å². The summed E-state index contributed by atoms with van der Waals surface area (Å²) in [5.41, 5.74) is 1.94. The fourth-order valence-corrected chi connectivity index (χ4v) is 3.66. The Kier molecular flexibility index (Phi) is 4.77. The van der Waals surface area contributed by atoms with E-state index >= 15 is 0 Å². The van der Waals surface area contributed by atoms with E-state index < -0.39 is 5.82 Å². The molecule has 0 saturated carbocycles. The monoisotopic (exact) mass is 384 g/mol. The molecule has 1 unspecified atom stereocenters. The van der Waals surface area contributed by atoms with Crippen molar-refractivity contribution in [3.05, 3.63) is 53.6 Å². The Morgan fingerprint density at radius 3 is 2.75 bits per heavy atom. The standard InChI is InChI=1S/C21H22F2N4O/c1-26(2)15-7-8-27(12-15)20-6-4-14(10-18(20)23)24-11-17-16-5-3-13(22)9-19(16)25-21(17)28/h3-6,9-11,15,25,28H,7-8,12H2,1-2H3. The van der Waals surface area contributed by atoms with Crippen LogP contribution >= 0.6 is 0 Å². The zero-order chi connectivity index (χ0) is 19.8. The van der Waals surface area contributed by atoms with Crippen LogP contribution in [0.5, 0.6) is 5.88 Å². The van der Waals surface area contributed by atoms with Crippen molar-refractivity contribution in [3.8, 4) is 5.88 Å². The summed E-state index contributed by atoms with van der Waals surface area (Å²) in [5, 5.41) is 10.7. The molecule has 146 valence electrons. The zero-order valence-electron chi connectivity index (χ0n) is 15.8. The second-order valence-electron chi connectivity index (χ2n) is 7.32. The summed E-state index contributed by atoms with van der Waals surface area (Å²) in [6, 6.07) is 9.50. The first-order chi connectivity index (χ1) is 13.4. The number of H-pyrrole nitrogens is 1. The number of nitrogens with zero attached hydrogens (tertiary/aromatic N) is 3. The summed E-state index contributed by atoms with van der Waals surface area (Å²) in [4.78, 5) is 11.2. The molecule has 0 radical (unpaired) electrons. The highest BCUT2D eigenvalue weighted by Crippen LogP contribution is 2.30. The van der Waals surface area contributed by atoms with Crippen molar-refractivity contribution < 1.29 is 13.9 Å². The zero-order valence-corrected chi connectivity index (χ0v) is 15.8. The molecule has 5 nitrogen and oxygen atoms in total.